The average Bonchev–Trinajstić information content (AvgIpc) is 2.90. The first-order valence-corrected chi connectivity index (χ1v) is 6.70. The second kappa shape index (κ2) is 4.75. The van der Waals surface area contributed by atoms with Gasteiger partial charge in [-0.25, -0.2) is 0 Å². The minimum atomic E-state index is 0.687. The molecule has 0 aliphatic rings. The second-order valence-corrected chi connectivity index (χ2v) is 5.29. The first-order chi connectivity index (χ1) is 9.30. The third-order valence-electron chi connectivity index (χ3n) is 3.03. The van der Waals surface area contributed by atoms with E-state index in [4.69, 9.17) is 10.00 Å². The van der Waals surface area contributed by atoms with Gasteiger partial charge in [-0.05, 0) is 47.3 Å². The molecule has 1 aromatic heterocycles. The first-order valence-electron chi connectivity index (χ1n) is 5.88. The zero-order valence-corrected chi connectivity index (χ0v) is 11.2. The van der Waals surface area contributed by atoms with Gasteiger partial charge in [0.25, 0.3) is 0 Å². The maximum atomic E-state index is 8.81. The lowest BCUT2D eigenvalue weighted by Crippen LogP contribution is -1.79. The Morgan fingerprint density at radius 3 is 2.53 bits per heavy atom. The average molecular weight is 265 g/mol. The topological polar surface area (TPSA) is 33.0 Å². The molecule has 0 saturated carbocycles. The molecule has 0 bridgehead atoms. The zero-order chi connectivity index (χ0) is 13.2. The molecule has 1 heterocycles. The Balaban J connectivity index is 2.07. The van der Waals surface area contributed by atoms with Crippen molar-refractivity contribution in [1.29, 1.82) is 5.26 Å². The quantitative estimate of drug-likeness (QED) is 0.686. The van der Waals surface area contributed by atoms with Crippen LogP contribution < -0.4 is 4.74 Å². The molecule has 92 valence electrons. The summed E-state index contributed by atoms with van der Waals surface area (Å²) in [7, 11) is 1.68. The molecule has 0 aliphatic carbocycles. The van der Waals surface area contributed by atoms with E-state index < -0.39 is 0 Å². The molecule has 19 heavy (non-hydrogen) atoms. The molecule has 0 radical (unpaired) electrons. The lowest BCUT2D eigenvalue weighted by molar-refractivity contribution is 0.415. The minimum Gasteiger partial charge on any atom is -0.497 e. The lowest BCUT2D eigenvalue weighted by Gasteiger charge is -1.97. The van der Waals surface area contributed by atoms with Crippen LogP contribution in [0.2, 0.25) is 0 Å². The van der Waals surface area contributed by atoms with Gasteiger partial charge < -0.3 is 4.74 Å². The van der Waals surface area contributed by atoms with Crippen molar-refractivity contribution in [3.8, 4) is 22.3 Å². The van der Waals surface area contributed by atoms with Crippen LogP contribution in [0.4, 0.5) is 0 Å². The van der Waals surface area contributed by atoms with Gasteiger partial charge in [0, 0.05) is 9.58 Å². The number of hydrogen-bond donors (Lipinski definition) is 0. The normalized spacial score (nSPS) is 10.3. The number of nitrogens with zero attached hydrogens (tertiary/aromatic N) is 1. The highest BCUT2D eigenvalue weighted by Gasteiger charge is 2.05. The third-order valence-corrected chi connectivity index (χ3v) is 4.17. The molecule has 0 unspecified atom stereocenters. The van der Waals surface area contributed by atoms with Crippen LogP contribution in [0, 0.1) is 11.3 Å². The van der Waals surface area contributed by atoms with Gasteiger partial charge in [0.05, 0.1) is 18.7 Å². The molecule has 2 aromatic carbocycles. The Kier molecular flexibility index (Phi) is 2.94. The molecule has 3 aromatic rings. The molecular weight excluding hydrogens is 254 g/mol. The van der Waals surface area contributed by atoms with Crippen molar-refractivity contribution in [3.63, 3.8) is 0 Å². The molecule has 0 spiro atoms. The molecular formula is C16H11NOS. The van der Waals surface area contributed by atoms with Crippen LogP contribution in [0.5, 0.6) is 5.75 Å². The summed E-state index contributed by atoms with van der Waals surface area (Å²) in [5, 5.41) is 10.0. The predicted octanol–water partition coefficient (Wildman–Crippen LogP) is 4.45. The highest BCUT2D eigenvalue weighted by Crippen LogP contribution is 2.35. The van der Waals surface area contributed by atoms with Crippen molar-refractivity contribution in [3.05, 3.63) is 54.1 Å². The fraction of sp³-hybridized carbons (Fsp3) is 0.0625. The molecule has 0 aliphatic heterocycles. The number of rotatable bonds is 2. The summed E-state index contributed by atoms with van der Waals surface area (Å²) in [5.74, 6) is 0.876. The van der Waals surface area contributed by atoms with E-state index in [-0.39, 0.29) is 0 Å². The number of benzene rings is 2. The van der Waals surface area contributed by atoms with Gasteiger partial charge in [-0.1, -0.05) is 12.1 Å². The highest BCUT2D eigenvalue weighted by molar-refractivity contribution is 7.22. The molecule has 2 nitrogen and oxygen atoms in total. The number of ether oxygens (including phenoxy) is 1. The molecule has 0 fully saturated rings. The van der Waals surface area contributed by atoms with Crippen molar-refractivity contribution in [2.75, 3.05) is 7.11 Å². The van der Waals surface area contributed by atoms with Gasteiger partial charge in [0.15, 0.2) is 0 Å². The van der Waals surface area contributed by atoms with Crippen LogP contribution in [0.1, 0.15) is 5.56 Å². The van der Waals surface area contributed by atoms with E-state index in [1.807, 2.05) is 36.4 Å². The van der Waals surface area contributed by atoms with Crippen molar-refractivity contribution in [1.82, 2.24) is 0 Å². The molecule has 0 saturated heterocycles. The lowest BCUT2D eigenvalue weighted by atomic mass is 10.1. The van der Waals surface area contributed by atoms with Gasteiger partial charge in [-0.15, -0.1) is 11.3 Å². The number of fused-ring (bicyclic) bond motifs is 1. The predicted molar refractivity (Wildman–Crippen MR) is 78.5 cm³/mol. The molecule has 0 N–H and O–H groups in total. The summed E-state index contributed by atoms with van der Waals surface area (Å²) >= 11 is 1.73. The van der Waals surface area contributed by atoms with Crippen LogP contribution in [0.25, 0.3) is 20.5 Å². The highest BCUT2D eigenvalue weighted by atomic mass is 32.1. The molecule has 0 atom stereocenters. The number of hydrogen-bond acceptors (Lipinski definition) is 3. The molecule has 3 rings (SSSR count). The summed E-state index contributed by atoms with van der Waals surface area (Å²) in [6, 6.07) is 18.1. The number of methoxy groups -OCH3 is 1. The van der Waals surface area contributed by atoms with Crippen LogP contribution in [0.15, 0.2) is 48.5 Å². The van der Waals surface area contributed by atoms with Gasteiger partial charge in [0.1, 0.15) is 5.75 Å². The summed E-state index contributed by atoms with van der Waals surface area (Å²) in [5.41, 5.74) is 1.82. The monoisotopic (exact) mass is 265 g/mol. The zero-order valence-electron chi connectivity index (χ0n) is 10.4. The smallest absolute Gasteiger partial charge is 0.120 e. The second-order valence-electron chi connectivity index (χ2n) is 4.20. The third kappa shape index (κ3) is 2.18. The van der Waals surface area contributed by atoms with E-state index in [0.29, 0.717) is 5.56 Å². The Labute approximate surface area is 115 Å². The summed E-state index contributed by atoms with van der Waals surface area (Å²) in [6.45, 7) is 0. The fourth-order valence-electron chi connectivity index (χ4n) is 1.99. The Morgan fingerprint density at radius 2 is 1.84 bits per heavy atom. The summed E-state index contributed by atoms with van der Waals surface area (Å²) < 4.78 is 6.45. The largest absolute Gasteiger partial charge is 0.497 e. The van der Waals surface area contributed by atoms with E-state index in [9.17, 15) is 0 Å². The van der Waals surface area contributed by atoms with Crippen LogP contribution in [-0.2, 0) is 0 Å². The van der Waals surface area contributed by atoms with Gasteiger partial charge in [0.2, 0.25) is 0 Å². The van der Waals surface area contributed by atoms with E-state index in [2.05, 4.69) is 18.2 Å². The van der Waals surface area contributed by atoms with E-state index >= 15 is 0 Å². The van der Waals surface area contributed by atoms with Gasteiger partial charge in [-0.3, -0.25) is 0 Å². The van der Waals surface area contributed by atoms with Crippen molar-refractivity contribution >= 4 is 21.4 Å². The number of nitriles is 1. The summed E-state index contributed by atoms with van der Waals surface area (Å²) in [4.78, 5) is 1.20. The van der Waals surface area contributed by atoms with Crippen molar-refractivity contribution in [2.45, 2.75) is 0 Å². The van der Waals surface area contributed by atoms with Crippen LogP contribution >= 0.6 is 11.3 Å². The molecule has 3 heteroatoms. The maximum absolute atomic E-state index is 8.81. The van der Waals surface area contributed by atoms with Crippen LogP contribution in [-0.4, -0.2) is 7.11 Å². The number of thiophene rings is 1. The Bertz CT molecular complexity index is 766. The standard InChI is InChI=1S/C16H11NOS/c1-18-14-7-6-13-8-15(19-16(13)9-14)12-4-2-11(10-17)3-5-12/h2-9H,1H3. The first kappa shape index (κ1) is 11.8. The van der Waals surface area contributed by atoms with Gasteiger partial charge >= 0.3 is 0 Å². The Hall–Kier alpha value is -2.31. The summed E-state index contributed by atoms with van der Waals surface area (Å²) in [6.07, 6.45) is 0. The SMILES string of the molecule is COc1ccc2cc(-c3ccc(C#N)cc3)sc2c1. The van der Waals surface area contributed by atoms with E-state index in [1.54, 1.807) is 18.4 Å². The van der Waals surface area contributed by atoms with Crippen molar-refractivity contribution in [2.24, 2.45) is 0 Å². The van der Waals surface area contributed by atoms with Gasteiger partial charge in [-0.2, -0.15) is 5.26 Å². The maximum Gasteiger partial charge on any atom is 0.120 e. The van der Waals surface area contributed by atoms with E-state index in [1.165, 1.54) is 15.0 Å². The molecule has 0 amide bonds. The Morgan fingerprint density at radius 1 is 1.05 bits per heavy atom. The van der Waals surface area contributed by atoms with Crippen LogP contribution in [0.3, 0.4) is 0 Å². The van der Waals surface area contributed by atoms with E-state index in [0.717, 1.165) is 11.3 Å². The minimum absolute atomic E-state index is 0.687. The van der Waals surface area contributed by atoms with Crippen molar-refractivity contribution < 1.29 is 4.74 Å². The fourth-order valence-corrected chi connectivity index (χ4v) is 3.09.